The molecule has 2 fully saturated rings. The van der Waals surface area contributed by atoms with Crippen LogP contribution in [0.2, 0.25) is 0 Å². The lowest BCUT2D eigenvalue weighted by Gasteiger charge is -2.47. The summed E-state index contributed by atoms with van der Waals surface area (Å²) in [4.78, 5) is 11.8. The standard InChI is InChI=1S/C20H37NO16/c1-6(25)21-11-15(31)18(37-20-17(33)16(32)14(30)9(3-23)35-20)10(4-24)36-19(11)34-5-8(27)13(29)12(28)7(26)2-22/h7-20,22-24,26-33H,2-5H2,1H3,(H,21,25)/t7-,8+,9+,10+,11+,12+,13-,14-,15+,16-,17+,18+,19+,20-/m0/s1. The van der Waals surface area contributed by atoms with Crippen molar-refractivity contribution in [1.82, 2.24) is 5.32 Å². The first kappa shape index (κ1) is 32.1. The van der Waals surface area contributed by atoms with Crippen molar-refractivity contribution in [3.63, 3.8) is 0 Å². The summed E-state index contributed by atoms with van der Waals surface area (Å²) >= 11 is 0. The molecule has 14 atom stereocenters. The monoisotopic (exact) mass is 547 g/mol. The molecule has 17 nitrogen and oxygen atoms in total. The first-order valence-corrected chi connectivity index (χ1v) is 11.5. The van der Waals surface area contributed by atoms with Gasteiger partial charge in [0.25, 0.3) is 0 Å². The minimum Gasteiger partial charge on any atom is -0.394 e. The van der Waals surface area contributed by atoms with Gasteiger partial charge in [-0.1, -0.05) is 0 Å². The Morgan fingerprint density at radius 2 is 1.38 bits per heavy atom. The molecule has 2 rings (SSSR count). The van der Waals surface area contributed by atoms with Crippen molar-refractivity contribution in [2.45, 2.75) is 92.7 Å². The van der Waals surface area contributed by atoms with Crippen molar-refractivity contribution in [2.75, 3.05) is 26.4 Å². The number of ether oxygens (including phenoxy) is 4. The highest BCUT2D eigenvalue weighted by atomic mass is 16.7. The molecule has 17 heteroatoms. The Balaban J connectivity index is 2.16. The Morgan fingerprint density at radius 1 is 0.811 bits per heavy atom. The molecule has 0 saturated carbocycles. The number of carbonyl (C=O) groups excluding carboxylic acids is 1. The molecule has 0 radical (unpaired) electrons. The zero-order valence-corrected chi connectivity index (χ0v) is 19.9. The predicted molar refractivity (Wildman–Crippen MR) is 115 cm³/mol. The van der Waals surface area contributed by atoms with Crippen LogP contribution in [0, 0.1) is 0 Å². The van der Waals surface area contributed by atoms with Crippen LogP contribution in [-0.4, -0.2) is 174 Å². The first-order chi connectivity index (χ1) is 17.4. The van der Waals surface area contributed by atoms with Crippen LogP contribution in [-0.2, 0) is 23.7 Å². The number of hydrogen-bond donors (Lipinski definition) is 12. The van der Waals surface area contributed by atoms with Gasteiger partial charge in [0.1, 0.15) is 73.2 Å². The molecule has 0 aromatic carbocycles. The van der Waals surface area contributed by atoms with Gasteiger partial charge in [-0.25, -0.2) is 0 Å². The molecule has 37 heavy (non-hydrogen) atoms. The van der Waals surface area contributed by atoms with Crippen molar-refractivity contribution in [3.8, 4) is 0 Å². The molecule has 2 heterocycles. The number of carbonyl (C=O) groups is 1. The van der Waals surface area contributed by atoms with E-state index in [0.717, 1.165) is 6.92 Å². The molecule has 0 spiro atoms. The summed E-state index contributed by atoms with van der Waals surface area (Å²) < 4.78 is 21.7. The van der Waals surface area contributed by atoms with Crippen LogP contribution < -0.4 is 5.32 Å². The fourth-order valence-electron chi connectivity index (χ4n) is 3.96. The quantitative estimate of drug-likeness (QED) is 0.108. The van der Waals surface area contributed by atoms with Crippen LogP contribution in [0.5, 0.6) is 0 Å². The highest BCUT2D eigenvalue weighted by Crippen LogP contribution is 2.29. The van der Waals surface area contributed by atoms with E-state index < -0.39 is 118 Å². The summed E-state index contributed by atoms with van der Waals surface area (Å²) in [6.07, 6.45) is -22.1. The van der Waals surface area contributed by atoms with Crippen molar-refractivity contribution in [2.24, 2.45) is 0 Å². The maximum absolute atomic E-state index is 11.8. The van der Waals surface area contributed by atoms with E-state index in [4.69, 9.17) is 24.1 Å². The van der Waals surface area contributed by atoms with E-state index in [1.165, 1.54) is 0 Å². The molecular formula is C20H37NO16. The Morgan fingerprint density at radius 3 is 1.92 bits per heavy atom. The molecule has 1 amide bonds. The second kappa shape index (κ2) is 14.3. The maximum atomic E-state index is 11.8. The zero-order valence-electron chi connectivity index (χ0n) is 19.9. The van der Waals surface area contributed by atoms with Gasteiger partial charge in [-0.3, -0.25) is 4.79 Å². The van der Waals surface area contributed by atoms with Gasteiger partial charge in [0, 0.05) is 6.92 Å². The Hall–Kier alpha value is -1.13. The summed E-state index contributed by atoms with van der Waals surface area (Å²) in [5.74, 6) is -0.669. The Kier molecular flexibility index (Phi) is 12.4. The molecule has 12 N–H and O–H groups in total. The van der Waals surface area contributed by atoms with Crippen LogP contribution in [0.1, 0.15) is 6.92 Å². The van der Waals surface area contributed by atoms with Gasteiger partial charge < -0.3 is 80.4 Å². The average Bonchev–Trinajstić information content (AvgIpc) is 2.88. The fraction of sp³-hybridized carbons (Fsp3) is 0.950. The molecule has 2 saturated heterocycles. The van der Waals surface area contributed by atoms with Crippen molar-refractivity contribution >= 4 is 5.91 Å². The molecule has 2 aliphatic rings. The van der Waals surface area contributed by atoms with E-state index in [-0.39, 0.29) is 0 Å². The van der Waals surface area contributed by atoms with Crippen LogP contribution in [0.25, 0.3) is 0 Å². The van der Waals surface area contributed by atoms with Crippen molar-refractivity contribution < 1.29 is 79.9 Å². The average molecular weight is 548 g/mol. The van der Waals surface area contributed by atoms with Crippen LogP contribution in [0.15, 0.2) is 0 Å². The summed E-state index contributed by atoms with van der Waals surface area (Å²) in [7, 11) is 0. The van der Waals surface area contributed by atoms with Crippen LogP contribution >= 0.6 is 0 Å². The van der Waals surface area contributed by atoms with E-state index in [0.29, 0.717) is 0 Å². The van der Waals surface area contributed by atoms with E-state index in [1.54, 1.807) is 0 Å². The van der Waals surface area contributed by atoms with Gasteiger partial charge in [-0.05, 0) is 0 Å². The summed E-state index contributed by atoms with van der Waals surface area (Å²) in [5.41, 5.74) is 0. The zero-order chi connectivity index (χ0) is 28.0. The lowest BCUT2D eigenvalue weighted by Crippen LogP contribution is -2.67. The van der Waals surface area contributed by atoms with Gasteiger partial charge in [0.05, 0.1) is 26.4 Å². The SMILES string of the molecule is CC(=O)N[C@H]1[C@H](OC[C@@H](O)[C@H](O)[C@H](O)[C@@H](O)CO)O[C@H](CO)[C@@H](O[C@@H]2O[C@H](CO)[C@H](O)[C@H](O)[C@H]2O)[C@@H]1O. The van der Waals surface area contributed by atoms with Gasteiger partial charge in [0.2, 0.25) is 5.91 Å². The normalized spacial score (nSPS) is 40.0. The molecule has 0 aromatic heterocycles. The van der Waals surface area contributed by atoms with E-state index in [2.05, 4.69) is 5.32 Å². The van der Waals surface area contributed by atoms with E-state index in [1.807, 2.05) is 0 Å². The molecule has 0 unspecified atom stereocenters. The number of hydrogen-bond acceptors (Lipinski definition) is 16. The number of aliphatic hydroxyl groups excluding tert-OH is 11. The summed E-state index contributed by atoms with van der Waals surface area (Å²) in [5, 5.41) is 111. The van der Waals surface area contributed by atoms with Crippen molar-refractivity contribution in [1.29, 1.82) is 0 Å². The largest absolute Gasteiger partial charge is 0.394 e. The molecule has 2 aliphatic heterocycles. The summed E-state index contributed by atoms with van der Waals surface area (Å²) in [6.45, 7) is -2.12. The van der Waals surface area contributed by atoms with Crippen LogP contribution in [0.4, 0.5) is 0 Å². The van der Waals surface area contributed by atoms with E-state index in [9.17, 15) is 55.9 Å². The van der Waals surface area contributed by atoms with Gasteiger partial charge >= 0.3 is 0 Å². The topological polar surface area (TPSA) is 289 Å². The molecular weight excluding hydrogens is 510 g/mol. The molecule has 218 valence electrons. The third-order valence-corrected chi connectivity index (χ3v) is 6.12. The Labute approximate surface area is 211 Å². The second-order valence-corrected chi connectivity index (χ2v) is 8.87. The second-order valence-electron chi connectivity index (χ2n) is 8.87. The third-order valence-electron chi connectivity index (χ3n) is 6.12. The number of rotatable bonds is 12. The lowest BCUT2D eigenvalue weighted by molar-refractivity contribution is -0.349. The maximum Gasteiger partial charge on any atom is 0.217 e. The number of nitrogens with one attached hydrogen (secondary N) is 1. The third kappa shape index (κ3) is 7.72. The number of amides is 1. The van der Waals surface area contributed by atoms with Gasteiger partial charge in [-0.2, -0.15) is 0 Å². The fourth-order valence-corrected chi connectivity index (χ4v) is 3.96. The minimum atomic E-state index is -1.97. The highest BCUT2D eigenvalue weighted by Gasteiger charge is 2.51. The molecule has 0 bridgehead atoms. The molecule has 0 aliphatic carbocycles. The molecule has 0 aromatic rings. The minimum absolute atomic E-state index is 0.669. The van der Waals surface area contributed by atoms with Crippen molar-refractivity contribution in [3.05, 3.63) is 0 Å². The lowest BCUT2D eigenvalue weighted by atomic mass is 9.95. The van der Waals surface area contributed by atoms with Gasteiger partial charge in [0.15, 0.2) is 12.6 Å². The highest BCUT2D eigenvalue weighted by molar-refractivity contribution is 5.73. The van der Waals surface area contributed by atoms with Gasteiger partial charge in [-0.15, -0.1) is 0 Å². The number of aliphatic hydroxyl groups is 11. The first-order valence-electron chi connectivity index (χ1n) is 11.5. The smallest absolute Gasteiger partial charge is 0.217 e. The van der Waals surface area contributed by atoms with Crippen LogP contribution in [0.3, 0.4) is 0 Å². The summed E-state index contributed by atoms with van der Waals surface area (Å²) in [6, 6.07) is -1.42. The predicted octanol–water partition coefficient (Wildman–Crippen LogP) is -7.79. The van der Waals surface area contributed by atoms with E-state index >= 15 is 0 Å². The Bertz CT molecular complexity index is 701.